The molecule has 4 rings (SSSR count). The quantitative estimate of drug-likeness (QED) is 0.841. The molecular formula is C16H18N4OS2. The van der Waals surface area contributed by atoms with Crippen LogP contribution in [0, 0.1) is 12.8 Å². The first-order chi connectivity index (χ1) is 11.1. The first kappa shape index (κ1) is 15.0. The zero-order valence-corrected chi connectivity index (χ0v) is 14.9. The fourth-order valence-electron chi connectivity index (χ4n) is 3.38. The molecule has 0 radical (unpaired) electrons. The van der Waals surface area contributed by atoms with Crippen molar-refractivity contribution < 1.29 is 4.79 Å². The number of carbonyl (C=O) groups is 1. The number of carbonyl (C=O) groups excluding carboxylic acids is 1. The van der Waals surface area contributed by atoms with Gasteiger partial charge >= 0.3 is 0 Å². The van der Waals surface area contributed by atoms with E-state index in [0.717, 1.165) is 28.8 Å². The van der Waals surface area contributed by atoms with Gasteiger partial charge in [-0.2, -0.15) is 4.98 Å². The summed E-state index contributed by atoms with van der Waals surface area (Å²) in [6.45, 7) is 4.22. The van der Waals surface area contributed by atoms with Gasteiger partial charge in [-0.1, -0.05) is 18.7 Å². The van der Waals surface area contributed by atoms with Gasteiger partial charge in [-0.3, -0.25) is 4.79 Å². The van der Waals surface area contributed by atoms with Gasteiger partial charge in [0.2, 0.25) is 11.1 Å². The molecule has 120 valence electrons. The van der Waals surface area contributed by atoms with Crippen molar-refractivity contribution >= 4 is 34.8 Å². The molecule has 2 aliphatic rings. The molecule has 2 aromatic rings. The molecule has 1 N–H and O–H groups in total. The first-order valence-electron chi connectivity index (χ1n) is 7.66. The van der Waals surface area contributed by atoms with E-state index < -0.39 is 0 Å². The molecule has 1 aliphatic carbocycles. The van der Waals surface area contributed by atoms with E-state index in [9.17, 15) is 4.79 Å². The molecule has 0 spiro atoms. The van der Waals surface area contributed by atoms with E-state index in [0.29, 0.717) is 12.3 Å². The van der Waals surface area contributed by atoms with Crippen LogP contribution in [-0.2, 0) is 4.79 Å². The Morgan fingerprint density at radius 1 is 1.43 bits per heavy atom. The van der Waals surface area contributed by atoms with Crippen LogP contribution in [0.2, 0.25) is 0 Å². The van der Waals surface area contributed by atoms with Crippen LogP contribution in [0.3, 0.4) is 0 Å². The maximum atomic E-state index is 12.8. The number of thiophene rings is 1. The van der Waals surface area contributed by atoms with Gasteiger partial charge in [-0.15, -0.1) is 16.4 Å². The molecule has 23 heavy (non-hydrogen) atoms. The van der Waals surface area contributed by atoms with Gasteiger partial charge in [0.25, 0.3) is 0 Å². The highest BCUT2D eigenvalue weighted by Gasteiger charge is 2.39. The van der Waals surface area contributed by atoms with E-state index in [-0.39, 0.29) is 11.8 Å². The van der Waals surface area contributed by atoms with E-state index in [2.05, 4.69) is 40.7 Å². The SMILES string of the molecule is CSc1nc2n(n1)[C@@H](c1sccc1C)C1=C(C[C@H](C)CC1=O)N2. The number of hydrogen-bond donors (Lipinski definition) is 1. The summed E-state index contributed by atoms with van der Waals surface area (Å²) in [6, 6.07) is 1.96. The van der Waals surface area contributed by atoms with Gasteiger partial charge in [0.15, 0.2) is 5.78 Å². The summed E-state index contributed by atoms with van der Waals surface area (Å²) in [5, 5.41) is 10.8. The Bertz CT molecular complexity index is 820. The Labute approximate surface area is 143 Å². The lowest BCUT2D eigenvalue weighted by Gasteiger charge is -2.33. The zero-order valence-electron chi connectivity index (χ0n) is 13.3. The molecule has 0 amide bonds. The van der Waals surface area contributed by atoms with Crippen LogP contribution in [0.4, 0.5) is 5.95 Å². The number of ketones is 1. The maximum absolute atomic E-state index is 12.8. The van der Waals surface area contributed by atoms with Gasteiger partial charge in [-0.05, 0) is 42.5 Å². The number of Topliss-reactive ketones (excluding diaryl/α,β-unsaturated/α-hetero) is 1. The largest absolute Gasteiger partial charge is 0.328 e. The number of aromatic nitrogens is 3. The summed E-state index contributed by atoms with van der Waals surface area (Å²) < 4.78 is 1.89. The van der Waals surface area contributed by atoms with E-state index in [1.165, 1.54) is 22.2 Å². The molecule has 0 saturated carbocycles. The second-order valence-electron chi connectivity index (χ2n) is 6.19. The summed E-state index contributed by atoms with van der Waals surface area (Å²) in [7, 11) is 0. The third kappa shape index (κ3) is 2.33. The van der Waals surface area contributed by atoms with Crippen LogP contribution >= 0.6 is 23.1 Å². The van der Waals surface area contributed by atoms with Gasteiger partial charge in [0.05, 0.1) is 0 Å². The summed E-state index contributed by atoms with van der Waals surface area (Å²) in [5.41, 5.74) is 3.10. The molecular weight excluding hydrogens is 328 g/mol. The lowest BCUT2D eigenvalue weighted by atomic mass is 9.82. The normalized spacial score (nSPS) is 23.5. The van der Waals surface area contributed by atoms with Gasteiger partial charge in [0, 0.05) is 22.6 Å². The number of fused-ring (bicyclic) bond motifs is 1. The molecule has 7 heteroatoms. The summed E-state index contributed by atoms with van der Waals surface area (Å²) in [6.07, 6.45) is 3.47. The highest BCUT2D eigenvalue weighted by Crippen LogP contribution is 2.43. The average molecular weight is 346 g/mol. The highest BCUT2D eigenvalue weighted by atomic mass is 32.2. The zero-order chi connectivity index (χ0) is 16.1. The minimum absolute atomic E-state index is 0.144. The molecule has 0 saturated heterocycles. The molecule has 0 bridgehead atoms. The standard InChI is InChI=1S/C16H18N4OS2/c1-8-6-10-12(11(21)7-8)13(14-9(2)4-5-23-14)20-15(17-10)18-16(19-20)22-3/h4-5,8,13H,6-7H2,1-3H3,(H,17,18,19)/t8-,13+/m0/s1. The fourth-order valence-corrected chi connectivity index (χ4v) is 4.75. The summed E-state index contributed by atoms with van der Waals surface area (Å²) in [4.78, 5) is 18.5. The molecule has 5 nitrogen and oxygen atoms in total. The van der Waals surface area contributed by atoms with Gasteiger partial charge in [0.1, 0.15) is 6.04 Å². The number of nitrogens with one attached hydrogen (secondary N) is 1. The van der Waals surface area contributed by atoms with Crippen LogP contribution in [-0.4, -0.2) is 26.8 Å². The Balaban J connectivity index is 1.92. The van der Waals surface area contributed by atoms with Crippen LogP contribution in [0.5, 0.6) is 0 Å². The Hall–Kier alpha value is -1.60. The Morgan fingerprint density at radius 3 is 2.96 bits per heavy atom. The second-order valence-corrected chi connectivity index (χ2v) is 7.91. The van der Waals surface area contributed by atoms with Crippen LogP contribution in [0.15, 0.2) is 27.9 Å². The smallest absolute Gasteiger partial charge is 0.227 e. The molecule has 1 aliphatic heterocycles. The monoisotopic (exact) mass is 346 g/mol. The van der Waals surface area contributed by atoms with Gasteiger partial charge < -0.3 is 5.32 Å². The fraction of sp³-hybridized carbons (Fsp3) is 0.438. The van der Waals surface area contributed by atoms with Crippen molar-refractivity contribution in [2.24, 2.45) is 5.92 Å². The average Bonchev–Trinajstić information content (AvgIpc) is 3.10. The molecule has 2 aromatic heterocycles. The highest BCUT2D eigenvalue weighted by molar-refractivity contribution is 7.98. The van der Waals surface area contributed by atoms with Crippen molar-refractivity contribution in [1.29, 1.82) is 0 Å². The number of rotatable bonds is 2. The molecule has 3 heterocycles. The third-order valence-electron chi connectivity index (χ3n) is 4.44. The lowest BCUT2D eigenvalue weighted by Crippen LogP contribution is -2.33. The number of nitrogens with zero attached hydrogens (tertiary/aromatic N) is 3. The van der Waals surface area contributed by atoms with Crippen molar-refractivity contribution in [3.63, 3.8) is 0 Å². The number of allylic oxidation sites excluding steroid dienone is 2. The van der Waals surface area contributed by atoms with Crippen molar-refractivity contribution in [2.75, 3.05) is 11.6 Å². The van der Waals surface area contributed by atoms with Crippen LogP contribution in [0.25, 0.3) is 0 Å². The summed E-state index contributed by atoms with van der Waals surface area (Å²) >= 11 is 3.20. The minimum Gasteiger partial charge on any atom is -0.328 e. The lowest BCUT2D eigenvalue weighted by molar-refractivity contribution is -0.117. The number of anilines is 1. The van der Waals surface area contributed by atoms with E-state index >= 15 is 0 Å². The number of thioether (sulfide) groups is 1. The van der Waals surface area contributed by atoms with Crippen molar-refractivity contribution in [2.45, 2.75) is 37.9 Å². The summed E-state index contributed by atoms with van der Waals surface area (Å²) in [5.74, 6) is 1.34. The predicted octanol–water partition coefficient (Wildman–Crippen LogP) is 3.64. The van der Waals surface area contributed by atoms with Crippen LogP contribution in [0.1, 0.15) is 36.2 Å². The number of hydrogen-bond acceptors (Lipinski definition) is 6. The first-order valence-corrected chi connectivity index (χ1v) is 9.76. The third-order valence-corrected chi connectivity index (χ3v) is 6.05. The maximum Gasteiger partial charge on any atom is 0.227 e. The molecule has 0 fully saturated rings. The Morgan fingerprint density at radius 2 is 2.26 bits per heavy atom. The van der Waals surface area contributed by atoms with E-state index in [1.54, 1.807) is 11.3 Å². The molecule has 2 atom stereocenters. The van der Waals surface area contributed by atoms with Gasteiger partial charge in [-0.25, -0.2) is 4.68 Å². The second kappa shape index (κ2) is 5.49. The minimum atomic E-state index is -0.144. The van der Waals surface area contributed by atoms with Crippen molar-refractivity contribution in [3.05, 3.63) is 33.2 Å². The van der Waals surface area contributed by atoms with E-state index in [4.69, 9.17) is 0 Å². The topological polar surface area (TPSA) is 59.8 Å². The van der Waals surface area contributed by atoms with E-state index in [1.807, 2.05) is 10.9 Å². The number of aryl methyl sites for hydroxylation is 1. The predicted molar refractivity (Wildman–Crippen MR) is 93.1 cm³/mol. The molecule has 0 unspecified atom stereocenters. The van der Waals surface area contributed by atoms with Crippen LogP contribution < -0.4 is 5.32 Å². The van der Waals surface area contributed by atoms with Crippen molar-refractivity contribution in [3.8, 4) is 0 Å². The Kier molecular flexibility index (Phi) is 3.57. The van der Waals surface area contributed by atoms with Crippen molar-refractivity contribution in [1.82, 2.24) is 14.8 Å². The molecule has 0 aromatic carbocycles.